The number of aryl methyl sites for hydroxylation is 2. The summed E-state index contributed by atoms with van der Waals surface area (Å²) in [6.45, 7) is 9.03. The van der Waals surface area contributed by atoms with E-state index in [-0.39, 0.29) is 0 Å². The summed E-state index contributed by atoms with van der Waals surface area (Å²) in [6.07, 6.45) is 0.829. The molecular weight excluding hydrogens is 490 g/mol. The number of anilines is 1. The van der Waals surface area contributed by atoms with Crippen molar-refractivity contribution in [1.82, 2.24) is 19.5 Å². The van der Waals surface area contributed by atoms with Crippen molar-refractivity contribution in [2.45, 2.75) is 26.8 Å². The van der Waals surface area contributed by atoms with E-state index in [1.807, 2.05) is 12.1 Å². The van der Waals surface area contributed by atoms with E-state index in [0.29, 0.717) is 0 Å². The first-order valence-electron chi connectivity index (χ1n) is 13.3. The van der Waals surface area contributed by atoms with Crippen LogP contribution in [0.4, 0.5) is 5.82 Å². The summed E-state index contributed by atoms with van der Waals surface area (Å²) in [5, 5.41) is 5.87. The minimum absolute atomic E-state index is 0.783. The van der Waals surface area contributed by atoms with Crippen LogP contribution in [0.3, 0.4) is 0 Å². The highest BCUT2D eigenvalue weighted by molar-refractivity contribution is 6.30. The summed E-state index contributed by atoms with van der Waals surface area (Å²) < 4.78 is 2.11. The number of piperazine rings is 1. The molecule has 5 nitrogen and oxygen atoms in total. The van der Waals surface area contributed by atoms with E-state index >= 15 is 0 Å². The van der Waals surface area contributed by atoms with Crippen molar-refractivity contribution in [3.05, 3.63) is 118 Å². The first-order chi connectivity index (χ1) is 18.6. The minimum Gasteiger partial charge on any atom is -0.354 e. The highest BCUT2D eigenvalue weighted by atomic mass is 35.5. The number of nitrogens with zero attached hydrogens (tertiary/aromatic N) is 5. The fourth-order valence-corrected chi connectivity index (χ4v) is 5.65. The average Bonchev–Trinajstić information content (AvgIpc) is 3.27. The Morgan fingerprint density at radius 2 is 1.39 bits per heavy atom. The lowest BCUT2D eigenvalue weighted by molar-refractivity contribution is 0.249. The van der Waals surface area contributed by atoms with E-state index in [1.54, 1.807) is 0 Å². The number of benzene rings is 3. The van der Waals surface area contributed by atoms with Gasteiger partial charge in [-0.25, -0.2) is 4.98 Å². The topological polar surface area (TPSA) is 36.7 Å². The second-order valence-electron chi connectivity index (χ2n) is 10.1. The van der Waals surface area contributed by atoms with Gasteiger partial charge >= 0.3 is 0 Å². The molecule has 0 aliphatic carbocycles. The number of halogens is 1. The van der Waals surface area contributed by atoms with E-state index in [1.165, 1.54) is 22.5 Å². The Hall–Kier alpha value is -3.67. The normalized spacial score (nSPS) is 14.3. The Bertz CT molecular complexity index is 1540. The molecule has 38 heavy (non-hydrogen) atoms. The van der Waals surface area contributed by atoms with Crippen LogP contribution in [0.1, 0.15) is 28.1 Å². The number of fused-ring (bicyclic) bond motifs is 1. The maximum absolute atomic E-state index is 6.09. The predicted octanol–water partition coefficient (Wildman–Crippen LogP) is 6.58. The largest absolute Gasteiger partial charge is 0.354 e. The van der Waals surface area contributed by atoms with Gasteiger partial charge in [0.05, 0.1) is 5.69 Å². The van der Waals surface area contributed by atoms with Gasteiger partial charge in [-0.3, -0.25) is 4.90 Å². The first kappa shape index (κ1) is 24.7. The molecule has 2 aromatic heterocycles. The molecule has 0 atom stereocenters. The number of rotatable bonds is 6. The summed E-state index contributed by atoms with van der Waals surface area (Å²) in [7, 11) is 0. The fourth-order valence-electron chi connectivity index (χ4n) is 5.52. The van der Waals surface area contributed by atoms with Crippen LogP contribution in [0.2, 0.25) is 5.02 Å². The smallest absolute Gasteiger partial charge is 0.165 e. The molecule has 0 saturated carbocycles. The zero-order chi connectivity index (χ0) is 26.1. The van der Waals surface area contributed by atoms with Gasteiger partial charge in [0.1, 0.15) is 5.82 Å². The molecule has 5 aromatic rings. The van der Waals surface area contributed by atoms with Crippen molar-refractivity contribution in [3.8, 4) is 11.1 Å². The average molecular weight is 522 g/mol. The maximum Gasteiger partial charge on any atom is 0.165 e. The monoisotopic (exact) mass is 521 g/mol. The fraction of sp³-hybridized carbons (Fsp3) is 0.250. The number of hydrogen-bond donors (Lipinski definition) is 0. The van der Waals surface area contributed by atoms with Crippen LogP contribution in [0.25, 0.3) is 16.8 Å². The third-order valence-electron chi connectivity index (χ3n) is 7.49. The molecule has 1 aliphatic rings. The molecule has 0 N–H and O–H groups in total. The molecule has 0 unspecified atom stereocenters. The van der Waals surface area contributed by atoms with Crippen molar-refractivity contribution < 1.29 is 0 Å². The van der Waals surface area contributed by atoms with Gasteiger partial charge in [0.15, 0.2) is 5.65 Å². The van der Waals surface area contributed by atoms with Crippen LogP contribution in [-0.2, 0) is 13.0 Å². The van der Waals surface area contributed by atoms with Crippen molar-refractivity contribution in [1.29, 1.82) is 0 Å². The lowest BCUT2D eigenvalue weighted by atomic mass is 10.0. The van der Waals surface area contributed by atoms with Crippen molar-refractivity contribution in [3.63, 3.8) is 0 Å². The summed E-state index contributed by atoms with van der Waals surface area (Å²) in [4.78, 5) is 10.2. The van der Waals surface area contributed by atoms with E-state index in [0.717, 1.165) is 72.3 Å². The van der Waals surface area contributed by atoms with Crippen LogP contribution in [0, 0.1) is 13.8 Å². The maximum atomic E-state index is 6.09. The van der Waals surface area contributed by atoms with Gasteiger partial charge < -0.3 is 4.90 Å². The van der Waals surface area contributed by atoms with E-state index in [2.05, 4.69) is 101 Å². The third-order valence-corrected chi connectivity index (χ3v) is 7.75. The Balaban J connectivity index is 1.38. The highest BCUT2D eigenvalue weighted by Gasteiger charge is 2.26. The summed E-state index contributed by atoms with van der Waals surface area (Å²) >= 11 is 6.09. The molecule has 1 aliphatic heterocycles. The predicted molar refractivity (Wildman–Crippen MR) is 156 cm³/mol. The van der Waals surface area contributed by atoms with Gasteiger partial charge in [0.2, 0.25) is 0 Å². The van der Waals surface area contributed by atoms with Crippen LogP contribution in [-0.4, -0.2) is 45.7 Å². The first-order valence-corrected chi connectivity index (χ1v) is 13.6. The van der Waals surface area contributed by atoms with Gasteiger partial charge in [-0.1, -0.05) is 84.4 Å². The van der Waals surface area contributed by atoms with Crippen LogP contribution in [0.15, 0.2) is 84.9 Å². The molecule has 1 fully saturated rings. The molecule has 192 valence electrons. The summed E-state index contributed by atoms with van der Waals surface area (Å²) in [5.74, 6) is 1.17. The summed E-state index contributed by atoms with van der Waals surface area (Å²) in [5.41, 5.74) is 9.10. The summed E-state index contributed by atoms with van der Waals surface area (Å²) in [6, 6.07) is 29.4. The Kier molecular flexibility index (Phi) is 6.88. The molecule has 0 bridgehead atoms. The number of aromatic nitrogens is 3. The molecule has 6 heteroatoms. The Morgan fingerprint density at radius 3 is 2.08 bits per heavy atom. The van der Waals surface area contributed by atoms with Crippen molar-refractivity contribution in [2.24, 2.45) is 0 Å². The standard InChI is InChI=1S/C32H32ClN5/c1-23-29(21-25-9-5-3-6-10-25)32(37-19-17-36(18-20-37)22-26-13-15-28(33)16-14-26)38-31(34-23)30(24(2)35-38)27-11-7-4-8-12-27/h3-16H,17-22H2,1-2H3. The molecule has 0 amide bonds. The van der Waals surface area contributed by atoms with Crippen LogP contribution in [0.5, 0.6) is 0 Å². The Morgan fingerprint density at radius 1 is 0.737 bits per heavy atom. The zero-order valence-electron chi connectivity index (χ0n) is 21.9. The van der Waals surface area contributed by atoms with Gasteiger partial charge in [0, 0.05) is 61.0 Å². The molecular formula is C32H32ClN5. The zero-order valence-corrected chi connectivity index (χ0v) is 22.7. The van der Waals surface area contributed by atoms with E-state index < -0.39 is 0 Å². The van der Waals surface area contributed by atoms with Crippen molar-refractivity contribution >= 4 is 23.1 Å². The number of hydrogen-bond acceptors (Lipinski definition) is 4. The molecule has 1 saturated heterocycles. The van der Waals surface area contributed by atoms with Gasteiger partial charge in [0.25, 0.3) is 0 Å². The lowest BCUT2D eigenvalue weighted by Gasteiger charge is -2.37. The molecule has 3 aromatic carbocycles. The van der Waals surface area contributed by atoms with Crippen molar-refractivity contribution in [2.75, 3.05) is 31.1 Å². The van der Waals surface area contributed by atoms with Crippen LogP contribution >= 0.6 is 11.6 Å². The second-order valence-corrected chi connectivity index (χ2v) is 10.5. The molecule has 3 heterocycles. The highest BCUT2D eigenvalue weighted by Crippen LogP contribution is 2.34. The third kappa shape index (κ3) is 4.92. The Labute approximate surface area is 229 Å². The second kappa shape index (κ2) is 10.6. The molecule has 6 rings (SSSR count). The minimum atomic E-state index is 0.783. The SMILES string of the molecule is Cc1nc2c(-c3ccccc3)c(C)nn2c(N2CCN(Cc3ccc(Cl)cc3)CC2)c1Cc1ccccc1. The molecule has 0 radical (unpaired) electrons. The molecule has 0 spiro atoms. The van der Waals surface area contributed by atoms with Gasteiger partial charge in [-0.05, 0) is 42.7 Å². The van der Waals surface area contributed by atoms with Gasteiger partial charge in [-0.2, -0.15) is 9.61 Å². The lowest BCUT2D eigenvalue weighted by Crippen LogP contribution is -2.47. The van der Waals surface area contributed by atoms with E-state index in [9.17, 15) is 0 Å². The van der Waals surface area contributed by atoms with Gasteiger partial charge in [-0.15, -0.1) is 0 Å². The quantitative estimate of drug-likeness (QED) is 0.253. The van der Waals surface area contributed by atoms with E-state index in [4.69, 9.17) is 21.7 Å². The van der Waals surface area contributed by atoms with Crippen LogP contribution < -0.4 is 4.90 Å².